The van der Waals surface area contributed by atoms with Crippen LogP contribution in [0.4, 0.5) is 0 Å². The van der Waals surface area contributed by atoms with E-state index >= 15 is 0 Å². The fraction of sp³-hybridized carbons (Fsp3) is 0.421. The van der Waals surface area contributed by atoms with Crippen molar-refractivity contribution < 1.29 is 19.3 Å². The molecule has 0 saturated carbocycles. The van der Waals surface area contributed by atoms with Crippen LogP contribution in [0, 0.1) is 0 Å². The Bertz CT molecular complexity index is 748. The van der Waals surface area contributed by atoms with Gasteiger partial charge in [-0.3, -0.25) is 0 Å². The van der Waals surface area contributed by atoms with Crippen LogP contribution in [-0.4, -0.2) is 37.5 Å². The zero-order chi connectivity index (χ0) is 18.2. The molecule has 3 rings (SSSR count). The minimum atomic E-state index is 0.209. The molecular formula is C19H27N5O2+2. The molecule has 0 amide bonds. The standard InChI is InChI=1S/C19H27N5O2/c25-12-2-6-21-8-10-23(16-21)14-18-4-1-5-19(20-18)15-24-11-9-22(17-24)7-3-13-26/h1,4-5,8-11,16-17,25-26H,2-3,6-7,12-15H2/q+2. The maximum atomic E-state index is 8.92. The lowest BCUT2D eigenvalue weighted by atomic mass is 10.3. The summed E-state index contributed by atoms with van der Waals surface area (Å²) in [5.74, 6) is 0. The first kappa shape index (κ1) is 18.3. The maximum Gasteiger partial charge on any atom is 0.244 e. The smallest absolute Gasteiger partial charge is 0.244 e. The van der Waals surface area contributed by atoms with Gasteiger partial charge in [-0.05, 0) is 12.1 Å². The molecule has 0 aliphatic rings. The number of aliphatic hydroxyl groups is 2. The summed E-state index contributed by atoms with van der Waals surface area (Å²) >= 11 is 0. The Morgan fingerprint density at radius 1 is 0.808 bits per heavy atom. The summed E-state index contributed by atoms with van der Waals surface area (Å²) in [5, 5.41) is 17.8. The first-order valence-corrected chi connectivity index (χ1v) is 9.03. The van der Waals surface area contributed by atoms with Crippen molar-refractivity contribution >= 4 is 0 Å². The number of aryl methyl sites for hydroxylation is 2. The molecule has 2 N–H and O–H groups in total. The minimum absolute atomic E-state index is 0.209. The summed E-state index contributed by atoms with van der Waals surface area (Å²) in [5.41, 5.74) is 2.04. The normalized spacial score (nSPS) is 11.2. The van der Waals surface area contributed by atoms with Crippen molar-refractivity contribution in [2.75, 3.05) is 13.2 Å². The van der Waals surface area contributed by atoms with E-state index in [0.717, 1.165) is 50.4 Å². The quantitative estimate of drug-likeness (QED) is 0.507. The van der Waals surface area contributed by atoms with E-state index < -0.39 is 0 Å². The molecule has 7 heteroatoms. The van der Waals surface area contributed by atoms with E-state index in [4.69, 9.17) is 15.2 Å². The van der Waals surface area contributed by atoms with Crippen molar-refractivity contribution in [2.24, 2.45) is 0 Å². The lowest BCUT2D eigenvalue weighted by Crippen LogP contribution is -2.34. The molecule has 0 unspecified atom stereocenters. The van der Waals surface area contributed by atoms with Crippen LogP contribution in [0.25, 0.3) is 0 Å². The third kappa shape index (κ3) is 5.24. The molecule has 0 saturated heterocycles. The van der Waals surface area contributed by atoms with Gasteiger partial charge in [0.15, 0.2) is 0 Å². The Kier molecular flexibility index (Phi) is 6.51. The SMILES string of the molecule is OCCCn1cc[n+](Cc2cccc(C[n+]3ccn(CCCO)c3)n2)c1. The fourth-order valence-electron chi connectivity index (χ4n) is 2.92. The summed E-state index contributed by atoms with van der Waals surface area (Å²) in [6.07, 6.45) is 13.7. The molecule has 0 aromatic carbocycles. The van der Waals surface area contributed by atoms with Crippen molar-refractivity contribution in [2.45, 2.75) is 39.0 Å². The van der Waals surface area contributed by atoms with Crippen LogP contribution >= 0.6 is 0 Å². The number of aliphatic hydroxyl groups excluding tert-OH is 2. The van der Waals surface area contributed by atoms with Crippen molar-refractivity contribution in [3.63, 3.8) is 0 Å². The zero-order valence-corrected chi connectivity index (χ0v) is 15.0. The van der Waals surface area contributed by atoms with Gasteiger partial charge in [-0.25, -0.2) is 23.3 Å². The van der Waals surface area contributed by atoms with Gasteiger partial charge in [-0.15, -0.1) is 0 Å². The number of rotatable bonds is 10. The number of hydrogen-bond donors (Lipinski definition) is 2. The highest BCUT2D eigenvalue weighted by Crippen LogP contribution is 2.00. The predicted octanol–water partition coefficient (Wildman–Crippen LogP) is 0.121. The predicted molar refractivity (Wildman–Crippen MR) is 95.1 cm³/mol. The van der Waals surface area contributed by atoms with E-state index in [0.29, 0.717) is 0 Å². The largest absolute Gasteiger partial charge is 0.396 e. The van der Waals surface area contributed by atoms with Gasteiger partial charge in [0.2, 0.25) is 12.7 Å². The number of imidazole rings is 2. The summed E-state index contributed by atoms with van der Waals surface area (Å²) < 4.78 is 8.35. The topological polar surface area (TPSA) is 71.0 Å². The van der Waals surface area contributed by atoms with Gasteiger partial charge in [0.05, 0.1) is 24.5 Å². The Hall–Kier alpha value is -2.51. The Labute approximate surface area is 153 Å². The van der Waals surface area contributed by atoms with Gasteiger partial charge in [-0.2, -0.15) is 0 Å². The summed E-state index contributed by atoms with van der Waals surface area (Å²) in [6, 6.07) is 6.13. The average molecular weight is 357 g/mol. The molecule has 0 bridgehead atoms. The lowest BCUT2D eigenvalue weighted by Gasteiger charge is -2.01. The molecule has 3 heterocycles. The van der Waals surface area contributed by atoms with E-state index in [-0.39, 0.29) is 13.2 Å². The van der Waals surface area contributed by atoms with E-state index in [9.17, 15) is 0 Å². The Balaban J connectivity index is 1.61. The van der Waals surface area contributed by atoms with E-state index in [1.54, 1.807) is 0 Å². The van der Waals surface area contributed by atoms with Gasteiger partial charge in [0, 0.05) is 26.1 Å². The Morgan fingerprint density at radius 3 is 1.77 bits per heavy atom. The van der Waals surface area contributed by atoms with Crippen LogP contribution in [0.1, 0.15) is 24.2 Å². The van der Waals surface area contributed by atoms with Crippen molar-refractivity contribution in [1.29, 1.82) is 0 Å². The highest BCUT2D eigenvalue weighted by molar-refractivity contribution is 5.09. The fourth-order valence-corrected chi connectivity index (χ4v) is 2.92. The average Bonchev–Trinajstić information content (AvgIpc) is 3.28. The van der Waals surface area contributed by atoms with Crippen LogP contribution in [0.15, 0.2) is 55.6 Å². The van der Waals surface area contributed by atoms with Crippen LogP contribution in [-0.2, 0) is 26.2 Å². The number of pyridine rings is 1. The third-order valence-corrected chi connectivity index (χ3v) is 4.19. The summed E-state index contributed by atoms with van der Waals surface area (Å²) in [4.78, 5) is 4.77. The van der Waals surface area contributed by atoms with Crippen LogP contribution in [0.5, 0.6) is 0 Å². The van der Waals surface area contributed by atoms with Crippen molar-refractivity contribution in [3.8, 4) is 0 Å². The molecule has 3 aromatic heterocycles. The monoisotopic (exact) mass is 357 g/mol. The van der Waals surface area contributed by atoms with Crippen LogP contribution < -0.4 is 9.13 Å². The molecule has 0 aliphatic carbocycles. The zero-order valence-electron chi connectivity index (χ0n) is 15.0. The van der Waals surface area contributed by atoms with Gasteiger partial charge in [-0.1, -0.05) is 6.07 Å². The second kappa shape index (κ2) is 9.26. The van der Waals surface area contributed by atoms with Gasteiger partial charge in [0.1, 0.15) is 37.9 Å². The molecule has 26 heavy (non-hydrogen) atoms. The summed E-state index contributed by atoms with van der Waals surface area (Å²) in [7, 11) is 0. The first-order valence-electron chi connectivity index (χ1n) is 9.03. The molecule has 0 fully saturated rings. The van der Waals surface area contributed by atoms with Gasteiger partial charge in [0.25, 0.3) is 0 Å². The lowest BCUT2D eigenvalue weighted by molar-refractivity contribution is -0.689. The van der Waals surface area contributed by atoms with Crippen LogP contribution in [0.2, 0.25) is 0 Å². The van der Waals surface area contributed by atoms with E-state index in [1.165, 1.54) is 0 Å². The number of nitrogens with zero attached hydrogens (tertiary/aromatic N) is 5. The molecule has 7 nitrogen and oxygen atoms in total. The number of aromatic nitrogens is 5. The maximum absolute atomic E-state index is 8.92. The molecule has 0 radical (unpaired) electrons. The van der Waals surface area contributed by atoms with Crippen LogP contribution in [0.3, 0.4) is 0 Å². The highest BCUT2D eigenvalue weighted by Gasteiger charge is 2.09. The Morgan fingerprint density at radius 2 is 1.31 bits per heavy atom. The highest BCUT2D eigenvalue weighted by atomic mass is 16.3. The molecular weight excluding hydrogens is 330 g/mol. The molecule has 138 valence electrons. The van der Waals surface area contributed by atoms with Crippen molar-refractivity contribution in [1.82, 2.24) is 14.1 Å². The summed E-state index contributed by atoms with van der Waals surface area (Å²) in [6.45, 7) is 3.51. The number of hydrogen-bond acceptors (Lipinski definition) is 3. The van der Waals surface area contributed by atoms with E-state index in [1.807, 2.05) is 55.6 Å². The van der Waals surface area contributed by atoms with Gasteiger partial charge < -0.3 is 10.2 Å². The van der Waals surface area contributed by atoms with Gasteiger partial charge >= 0.3 is 0 Å². The molecule has 0 atom stereocenters. The van der Waals surface area contributed by atoms with Crippen molar-refractivity contribution in [3.05, 3.63) is 67.0 Å². The molecule has 3 aromatic rings. The first-order chi connectivity index (χ1) is 12.8. The second-order valence-corrected chi connectivity index (χ2v) is 6.42. The second-order valence-electron chi connectivity index (χ2n) is 6.42. The minimum Gasteiger partial charge on any atom is -0.396 e. The molecule has 0 aliphatic heterocycles. The van der Waals surface area contributed by atoms with E-state index in [2.05, 4.69) is 18.3 Å². The molecule has 0 spiro atoms. The third-order valence-electron chi connectivity index (χ3n) is 4.19.